The van der Waals surface area contributed by atoms with Gasteiger partial charge in [-0.1, -0.05) is 32.6 Å². The van der Waals surface area contributed by atoms with Crippen LogP contribution in [0.1, 0.15) is 58.8 Å². The molecule has 0 aliphatic heterocycles. The predicted molar refractivity (Wildman–Crippen MR) is 67.0 cm³/mol. The standard InChI is InChI=1S/C13H28N2/c1-3-7-12(2)15(11-10-14)13-8-5-4-6-9-13/h12-13H,3-11,14H2,1-2H3. The molecule has 2 heteroatoms. The Hall–Kier alpha value is -0.0800. The van der Waals surface area contributed by atoms with Gasteiger partial charge in [0.1, 0.15) is 0 Å². The van der Waals surface area contributed by atoms with E-state index in [0.717, 1.165) is 25.2 Å². The van der Waals surface area contributed by atoms with Crippen LogP contribution in [0.4, 0.5) is 0 Å². The van der Waals surface area contributed by atoms with E-state index in [0.29, 0.717) is 0 Å². The van der Waals surface area contributed by atoms with Crippen molar-refractivity contribution in [3.8, 4) is 0 Å². The van der Waals surface area contributed by atoms with E-state index in [1.165, 1.54) is 44.9 Å². The first-order valence-corrected chi connectivity index (χ1v) is 6.75. The monoisotopic (exact) mass is 212 g/mol. The molecule has 15 heavy (non-hydrogen) atoms. The molecule has 0 heterocycles. The van der Waals surface area contributed by atoms with Gasteiger partial charge in [-0.25, -0.2) is 0 Å². The minimum absolute atomic E-state index is 0.724. The molecule has 90 valence electrons. The molecule has 0 aromatic rings. The summed E-state index contributed by atoms with van der Waals surface area (Å²) in [5.41, 5.74) is 5.73. The van der Waals surface area contributed by atoms with Crippen LogP contribution in [0.2, 0.25) is 0 Å². The molecule has 2 N–H and O–H groups in total. The van der Waals surface area contributed by atoms with Gasteiger partial charge < -0.3 is 5.73 Å². The third-order valence-corrected chi connectivity index (χ3v) is 3.70. The molecule has 0 aromatic heterocycles. The van der Waals surface area contributed by atoms with Crippen molar-refractivity contribution in [2.45, 2.75) is 70.9 Å². The molecule has 0 spiro atoms. The first-order chi connectivity index (χ1) is 7.29. The molecule has 1 saturated carbocycles. The molecule has 0 amide bonds. The van der Waals surface area contributed by atoms with Crippen LogP contribution >= 0.6 is 0 Å². The van der Waals surface area contributed by atoms with Crippen LogP contribution in [0.5, 0.6) is 0 Å². The van der Waals surface area contributed by atoms with Gasteiger partial charge in [-0.3, -0.25) is 4.90 Å². The highest BCUT2D eigenvalue weighted by molar-refractivity contribution is 4.79. The van der Waals surface area contributed by atoms with E-state index in [1.54, 1.807) is 0 Å². The zero-order chi connectivity index (χ0) is 11.1. The first-order valence-electron chi connectivity index (χ1n) is 6.75. The maximum Gasteiger partial charge on any atom is 0.0110 e. The molecule has 0 aromatic carbocycles. The molecule has 1 aliphatic carbocycles. The SMILES string of the molecule is CCCC(C)N(CCN)C1CCCCC1. The number of hydrogen-bond acceptors (Lipinski definition) is 2. The Morgan fingerprint density at radius 3 is 2.47 bits per heavy atom. The van der Waals surface area contributed by atoms with Crippen molar-refractivity contribution in [3.63, 3.8) is 0 Å². The van der Waals surface area contributed by atoms with Gasteiger partial charge in [-0.05, 0) is 26.2 Å². The molecular weight excluding hydrogens is 184 g/mol. The number of nitrogens with two attached hydrogens (primary N) is 1. The van der Waals surface area contributed by atoms with Gasteiger partial charge >= 0.3 is 0 Å². The summed E-state index contributed by atoms with van der Waals surface area (Å²) in [5.74, 6) is 0. The fourth-order valence-corrected chi connectivity index (χ4v) is 2.91. The molecule has 0 bridgehead atoms. The minimum Gasteiger partial charge on any atom is -0.329 e. The smallest absolute Gasteiger partial charge is 0.0110 e. The maximum absolute atomic E-state index is 5.73. The molecule has 1 unspecified atom stereocenters. The Balaban J connectivity index is 2.46. The van der Waals surface area contributed by atoms with E-state index in [1.807, 2.05) is 0 Å². The van der Waals surface area contributed by atoms with Gasteiger partial charge in [-0.15, -0.1) is 0 Å². The number of hydrogen-bond donors (Lipinski definition) is 1. The van der Waals surface area contributed by atoms with Gasteiger partial charge in [0.25, 0.3) is 0 Å². The lowest BCUT2D eigenvalue weighted by atomic mass is 9.92. The molecular formula is C13H28N2. The van der Waals surface area contributed by atoms with Crippen molar-refractivity contribution < 1.29 is 0 Å². The summed E-state index contributed by atoms with van der Waals surface area (Å²) in [6.07, 6.45) is 9.68. The van der Waals surface area contributed by atoms with Crippen molar-refractivity contribution in [2.24, 2.45) is 5.73 Å². The van der Waals surface area contributed by atoms with E-state index in [4.69, 9.17) is 5.73 Å². The van der Waals surface area contributed by atoms with Crippen molar-refractivity contribution in [1.29, 1.82) is 0 Å². The summed E-state index contributed by atoms with van der Waals surface area (Å²) in [6, 6.07) is 1.55. The highest BCUT2D eigenvalue weighted by Gasteiger charge is 2.23. The molecule has 0 radical (unpaired) electrons. The topological polar surface area (TPSA) is 29.3 Å². The first kappa shape index (κ1) is 13.0. The van der Waals surface area contributed by atoms with Gasteiger partial charge in [0.15, 0.2) is 0 Å². The van der Waals surface area contributed by atoms with Gasteiger partial charge in [-0.2, -0.15) is 0 Å². The zero-order valence-electron chi connectivity index (χ0n) is 10.5. The number of nitrogens with zero attached hydrogens (tertiary/aromatic N) is 1. The summed E-state index contributed by atoms with van der Waals surface area (Å²) in [4.78, 5) is 2.67. The Bertz CT molecular complexity index is 153. The number of rotatable bonds is 6. The molecule has 1 rings (SSSR count). The maximum atomic E-state index is 5.73. The van der Waals surface area contributed by atoms with Gasteiger partial charge in [0.05, 0.1) is 0 Å². The summed E-state index contributed by atoms with van der Waals surface area (Å²) >= 11 is 0. The van der Waals surface area contributed by atoms with Crippen molar-refractivity contribution in [1.82, 2.24) is 4.90 Å². The van der Waals surface area contributed by atoms with Crippen LogP contribution in [0.3, 0.4) is 0 Å². The molecule has 1 aliphatic rings. The van der Waals surface area contributed by atoms with Gasteiger partial charge in [0.2, 0.25) is 0 Å². The lowest BCUT2D eigenvalue weighted by molar-refractivity contribution is 0.110. The third kappa shape index (κ3) is 4.12. The average Bonchev–Trinajstić information content (AvgIpc) is 2.27. The molecule has 1 fully saturated rings. The molecule has 2 nitrogen and oxygen atoms in total. The largest absolute Gasteiger partial charge is 0.329 e. The van der Waals surface area contributed by atoms with Crippen LogP contribution < -0.4 is 5.73 Å². The zero-order valence-corrected chi connectivity index (χ0v) is 10.5. The highest BCUT2D eigenvalue weighted by atomic mass is 15.2. The summed E-state index contributed by atoms with van der Waals surface area (Å²) < 4.78 is 0. The van der Waals surface area contributed by atoms with Crippen LogP contribution in [0.15, 0.2) is 0 Å². The van der Waals surface area contributed by atoms with Crippen molar-refractivity contribution in [3.05, 3.63) is 0 Å². The van der Waals surface area contributed by atoms with Crippen LogP contribution in [0.25, 0.3) is 0 Å². The summed E-state index contributed by atoms with van der Waals surface area (Å²) in [6.45, 7) is 6.54. The van der Waals surface area contributed by atoms with E-state index in [9.17, 15) is 0 Å². The third-order valence-electron chi connectivity index (χ3n) is 3.70. The summed E-state index contributed by atoms with van der Waals surface area (Å²) in [7, 11) is 0. The Morgan fingerprint density at radius 1 is 1.27 bits per heavy atom. The molecule has 0 saturated heterocycles. The van der Waals surface area contributed by atoms with Crippen LogP contribution in [-0.4, -0.2) is 30.1 Å². The lowest BCUT2D eigenvalue weighted by Gasteiger charge is -2.38. The minimum atomic E-state index is 0.724. The van der Waals surface area contributed by atoms with Crippen molar-refractivity contribution in [2.75, 3.05) is 13.1 Å². The second-order valence-corrected chi connectivity index (χ2v) is 4.96. The highest BCUT2D eigenvalue weighted by Crippen LogP contribution is 2.24. The van der Waals surface area contributed by atoms with E-state index < -0.39 is 0 Å². The Kier molecular flexibility index (Phi) is 6.26. The van der Waals surface area contributed by atoms with Gasteiger partial charge in [0, 0.05) is 25.2 Å². The van der Waals surface area contributed by atoms with Crippen LogP contribution in [0, 0.1) is 0 Å². The second-order valence-electron chi connectivity index (χ2n) is 4.96. The van der Waals surface area contributed by atoms with E-state index >= 15 is 0 Å². The predicted octanol–water partition coefficient (Wildman–Crippen LogP) is 2.77. The van der Waals surface area contributed by atoms with Crippen molar-refractivity contribution >= 4 is 0 Å². The van der Waals surface area contributed by atoms with E-state index in [-0.39, 0.29) is 0 Å². The quantitative estimate of drug-likeness (QED) is 0.733. The molecule has 1 atom stereocenters. The summed E-state index contributed by atoms with van der Waals surface area (Å²) in [5, 5.41) is 0. The Labute approximate surface area is 95.2 Å². The Morgan fingerprint density at radius 2 is 1.93 bits per heavy atom. The fraction of sp³-hybridized carbons (Fsp3) is 1.00. The van der Waals surface area contributed by atoms with E-state index in [2.05, 4.69) is 18.7 Å². The lowest BCUT2D eigenvalue weighted by Crippen LogP contribution is -2.45. The normalized spacial score (nSPS) is 20.8. The second kappa shape index (κ2) is 7.24. The fourth-order valence-electron chi connectivity index (χ4n) is 2.91. The van der Waals surface area contributed by atoms with Crippen LogP contribution in [-0.2, 0) is 0 Å². The average molecular weight is 212 g/mol.